The molecule has 0 aliphatic heterocycles. The molecule has 136 valence electrons. The number of thiophene rings is 1. The van der Waals surface area contributed by atoms with Gasteiger partial charge in [0.25, 0.3) is 5.91 Å². The second-order valence-corrected chi connectivity index (χ2v) is 7.16. The molecule has 0 spiro atoms. The third kappa shape index (κ3) is 3.83. The molecule has 1 amide bonds. The summed E-state index contributed by atoms with van der Waals surface area (Å²) in [5, 5.41) is 9.62. The first-order chi connectivity index (χ1) is 13.2. The smallest absolute Gasteiger partial charge is 0.270 e. The molecule has 0 radical (unpaired) electrons. The van der Waals surface area contributed by atoms with E-state index in [0.717, 1.165) is 16.1 Å². The lowest BCUT2D eigenvalue weighted by atomic mass is 10.1. The van der Waals surface area contributed by atoms with E-state index in [2.05, 4.69) is 15.4 Å². The predicted molar refractivity (Wildman–Crippen MR) is 105 cm³/mol. The number of rotatable bonds is 6. The number of carbonyl (C=O) groups is 1. The van der Waals surface area contributed by atoms with E-state index in [1.807, 2.05) is 64.7 Å². The molecule has 0 aliphatic carbocycles. The van der Waals surface area contributed by atoms with Crippen molar-refractivity contribution in [2.75, 3.05) is 0 Å². The molecule has 0 saturated heterocycles. The highest BCUT2D eigenvalue weighted by atomic mass is 32.1. The minimum absolute atomic E-state index is 0.151. The van der Waals surface area contributed by atoms with E-state index in [1.165, 1.54) is 0 Å². The SMILES string of the molecule is Cn1nc(-c2cccs2)cc1C(=O)N[C@@H](Cn1ccnc1)c1ccccc1. The molecule has 3 heterocycles. The van der Waals surface area contributed by atoms with Crippen LogP contribution >= 0.6 is 11.3 Å². The van der Waals surface area contributed by atoms with Crippen LogP contribution in [-0.2, 0) is 13.6 Å². The van der Waals surface area contributed by atoms with Crippen molar-refractivity contribution in [1.82, 2.24) is 24.6 Å². The molecule has 1 aromatic carbocycles. The molecular weight excluding hydrogens is 358 g/mol. The molecular formula is C20H19N5OS. The number of hydrogen-bond donors (Lipinski definition) is 1. The van der Waals surface area contributed by atoms with Crippen molar-refractivity contribution in [3.63, 3.8) is 0 Å². The van der Waals surface area contributed by atoms with Crippen molar-refractivity contribution >= 4 is 17.2 Å². The number of amides is 1. The predicted octanol–water partition coefficient (Wildman–Crippen LogP) is 3.52. The maximum atomic E-state index is 13.0. The van der Waals surface area contributed by atoms with Crippen LogP contribution in [-0.4, -0.2) is 25.2 Å². The summed E-state index contributed by atoms with van der Waals surface area (Å²) < 4.78 is 3.59. The normalized spacial score (nSPS) is 12.0. The lowest BCUT2D eigenvalue weighted by molar-refractivity contribution is 0.0923. The Kier molecular flexibility index (Phi) is 4.84. The van der Waals surface area contributed by atoms with Gasteiger partial charge in [0.15, 0.2) is 0 Å². The summed E-state index contributed by atoms with van der Waals surface area (Å²) in [6.45, 7) is 0.603. The fourth-order valence-corrected chi connectivity index (χ4v) is 3.66. The standard InChI is InChI=1S/C20H19N5OS/c1-24-18(12-16(23-24)19-8-5-11-27-19)20(26)22-17(13-25-10-9-21-14-25)15-6-3-2-4-7-15/h2-12,14,17H,13H2,1H3,(H,22,26)/t17-/m0/s1. The van der Waals surface area contributed by atoms with Gasteiger partial charge in [-0.15, -0.1) is 11.3 Å². The van der Waals surface area contributed by atoms with Gasteiger partial charge in [0, 0.05) is 26.0 Å². The van der Waals surface area contributed by atoms with Gasteiger partial charge in [-0.25, -0.2) is 4.98 Å². The van der Waals surface area contributed by atoms with Crippen LogP contribution < -0.4 is 5.32 Å². The highest BCUT2D eigenvalue weighted by Gasteiger charge is 2.20. The highest BCUT2D eigenvalue weighted by Crippen LogP contribution is 2.24. The van der Waals surface area contributed by atoms with Gasteiger partial charge in [-0.2, -0.15) is 5.10 Å². The summed E-state index contributed by atoms with van der Waals surface area (Å²) in [5.74, 6) is -0.151. The van der Waals surface area contributed by atoms with Crippen molar-refractivity contribution < 1.29 is 4.79 Å². The van der Waals surface area contributed by atoms with Crippen LogP contribution in [0.4, 0.5) is 0 Å². The molecule has 27 heavy (non-hydrogen) atoms. The second-order valence-electron chi connectivity index (χ2n) is 6.21. The molecule has 0 aliphatic rings. The third-order valence-corrected chi connectivity index (χ3v) is 5.24. The molecule has 0 fully saturated rings. The van der Waals surface area contributed by atoms with Crippen LogP contribution in [0.25, 0.3) is 10.6 Å². The summed E-state index contributed by atoms with van der Waals surface area (Å²) in [7, 11) is 1.79. The monoisotopic (exact) mass is 377 g/mol. The van der Waals surface area contributed by atoms with E-state index in [4.69, 9.17) is 0 Å². The zero-order valence-electron chi connectivity index (χ0n) is 14.8. The summed E-state index contributed by atoms with van der Waals surface area (Å²) >= 11 is 1.61. The number of benzene rings is 1. The third-order valence-electron chi connectivity index (χ3n) is 4.35. The van der Waals surface area contributed by atoms with Crippen molar-refractivity contribution in [3.8, 4) is 10.6 Å². The first-order valence-electron chi connectivity index (χ1n) is 8.60. The molecule has 6 nitrogen and oxygen atoms in total. The van der Waals surface area contributed by atoms with E-state index < -0.39 is 0 Å². The lowest BCUT2D eigenvalue weighted by Gasteiger charge is -2.19. The van der Waals surface area contributed by atoms with Crippen molar-refractivity contribution in [1.29, 1.82) is 0 Å². The molecule has 0 bridgehead atoms. The highest BCUT2D eigenvalue weighted by molar-refractivity contribution is 7.13. The first kappa shape index (κ1) is 17.2. The topological polar surface area (TPSA) is 64.7 Å². The number of imidazole rings is 1. The molecule has 4 aromatic rings. The van der Waals surface area contributed by atoms with Gasteiger partial charge in [-0.3, -0.25) is 9.48 Å². The van der Waals surface area contributed by atoms with E-state index in [0.29, 0.717) is 12.2 Å². The van der Waals surface area contributed by atoms with Crippen LogP contribution in [0.2, 0.25) is 0 Å². The first-order valence-corrected chi connectivity index (χ1v) is 9.48. The fourth-order valence-electron chi connectivity index (χ4n) is 2.98. The van der Waals surface area contributed by atoms with Crippen LogP contribution in [0.3, 0.4) is 0 Å². The lowest BCUT2D eigenvalue weighted by Crippen LogP contribution is -2.32. The molecule has 3 aromatic heterocycles. The number of nitrogens with one attached hydrogen (secondary N) is 1. The molecule has 4 rings (SSSR count). The molecule has 1 N–H and O–H groups in total. The maximum absolute atomic E-state index is 13.0. The Hall–Kier alpha value is -3.19. The summed E-state index contributed by atoms with van der Waals surface area (Å²) in [5.41, 5.74) is 2.38. The summed E-state index contributed by atoms with van der Waals surface area (Å²) in [6.07, 6.45) is 5.38. The van der Waals surface area contributed by atoms with E-state index in [-0.39, 0.29) is 11.9 Å². The van der Waals surface area contributed by atoms with Crippen molar-refractivity contribution in [2.45, 2.75) is 12.6 Å². The number of aromatic nitrogens is 4. The van der Waals surface area contributed by atoms with Crippen LogP contribution in [0, 0.1) is 0 Å². The van der Waals surface area contributed by atoms with Crippen molar-refractivity contribution in [3.05, 3.63) is 83.9 Å². The van der Waals surface area contributed by atoms with Gasteiger partial charge in [-0.1, -0.05) is 36.4 Å². The van der Waals surface area contributed by atoms with Gasteiger partial charge in [0.05, 0.1) is 17.2 Å². The quantitative estimate of drug-likeness (QED) is 0.559. The maximum Gasteiger partial charge on any atom is 0.270 e. The molecule has 0 saturated carbocycles. The Morgan fingerprint density at radius 3 is 2.78 bits per heavy atom. The number of hydrogen-bond acceptors (Lipinski definition) is 4. The van der Waals surface area contributed by atoms with Gasteiger partial charge in [-0.05, 0) is 23.1 Å². The van der Waals surface area contributed by atoms with E-state index >= 15 is 0 Å². The minimum Gasteiger partial charge on any atom is -0.342 e. The Labute approximate surface area is 161 Å². The second kappa shape index (κ2) is 7.59. The number of aryl methyl sites for hydroxylation is 1. The van der Waals surface area contributed by atoms with Gasteiger partial charge in [0.2, 0.25) is 0 Å². The molecule has 1 atom stereocenters. The fraction of sp³-hybridized carbons (Fsp3) is 0.150. The average molecular weight is 377 g/mol. The van der Waals surface area contributed by atoms with Gasteiger partial charge >= 0.3 is 0 Å². The minimum atomic E-state index is -0.173. The Morgan fingerprint density at radius 1 is 1.22 bits per heavy atom. The number of carbonyl (C=O) groups excluding carboxylic acids is 1. The van der Waals surface area contributed by atoms with Crippen LogP contribution in [0.1, 0.15) is 22.1 Å². The molecule has 0 unspecified atom stereocenters. The van der Waals surface area contributed by atoms with Gasteiger partial charge in [0.1, 0.15) is 11.4 Å². The van der Waals surface area contributed by atoms with Crippen molar-refractivity contribution in [2.24, 2.45) is 7.05 Å². The average Bonchev–Trinajstić information content (AvgIpc) is 3.43. The zero-order valence-corrected chi connectivity index (χ0v) is 15.6. The van der Waals surface area contributed by atoms with E-state index in [1.54, 1.807) is 35.6 Å². The summed E-state index contributed by atoms with van der Waals surface area (Å²) in [4.78, 5) is 18.1. The van der Waals surface area contributed by atoms with Crippen LogP contribution in [0.15, 0.2) is 72.6 Å². The van der Waals surface area contributed by atoms with Gasteiger partial charge < -0.3 is 9.88 Å². The Balaban J connectivity index is 1.58. The Bertz CT molecular complexity index is 1010. The zero-order chi connectivity index (χ0) is 18.6. The van der Waals surface area contributed by atoms with E-state index in [9.17, 15) is 4.79 Å². The Morgan fingerprint density at radius 2 is 2.07 bits per heavy atom. The summed E-state index contributed by atoms with van der Waals surface area (Å²) in [6, 6.07) is 15.6. The largest absolute Gasteiger partial charge is 0.342 e. The van der Waals surface area contributed by atoms with Crippen LogP contribution in [0.5, 0.6) is 0 Å². The number of nitrogens with zero attached hydrogens (tertiary/aromatic N) is 4. The molecule has 7 heteroatoms.